The molecular weight excluding hydrogens is 378 g/mol. The smallest absolute Gasteiger partial charge is 0.311 e. The van der Waals surface area contributed by atoms with Crippen molar-refractivity contribution in [3.8, 4) is 17.0 Å². The minimum atomic E-state index is -0.476. The van der Waals surface area contributed by atoms with Crippen molar-refractivity contribution in [2.75, 3.05) is 0 Å². The Labute approximate surface area is 164 Å². The van der Waals surface area contributed by atoms with E-state index >= 15 is 0 Å². The zero-order valence-corrected chi connectivity index (χ0v) is 15.7. The van der Waals surface area contributed by atoms with E-state index in [-0.39, 0.29) is 18.0 Å². The maximum absolute atomic E-state index is 11.7. The van der Waals surface area contributed by atoms with Gasteiger partial charge in [0.2, 0.25) is 5.75 Å². The number of ether oxygens (including phenoxy) is 1. The van der Waals surface area contributed by atoms with Gasteiger partial charge in [-0.15, -0.1) is 11.3 Å². The highest BCUT2D eigenvalue weighted by Crippen LogP contribution is 2.40. The average Bonchev–Trinajstić information content (AvgIpc) is 3.28. The molecule has 0 aliphatic carbocycles. The lowest BCUT2D eigenvalue weighted by molar-refractivity contribution is -0.385. The molecule has 28 heavy (non-hydrogen) atoms. The van der Waals surface area contributed by atoms with E-state index in [2.05, 4.69) is 4.98 Å². The molecule has 2 heterocycles. The van der Waals surface area contributed by atoms with Crippen LogP contribution in [-0.4, -0.2) is 20.6 Å². The Morgan fingerprint density at radius 2 is 2.07 bits per heavy atom. The summed E-state index contributed by atoms with van der Waals surface area (Å²) in [6.45, 7) is 1.92. The fourth-order valence-corrected chi connectivity index (χ4v) is 3.78. The summed E-state index contributed by atoms with van der Waals surface area (Å²) < 4.78 is 7.56. The summed E-state index contributed by atoms with van der Waals surface area (Å²) in [7, 11) is 0. The molecule has 0 bridgehead atoms. The van der Waals surface area contributed by atoms with Gasteiger partial charge in [-0.2, -0.15) is 0 Å². The van der Waals surface area contributed by atoms with Gasteiger partial charge in [-0.1, -0.05) is 30.3 Å². The molecule has 0 saturated carbocycles. The lowest BCUT2D eigenvalue weighted by Crippen LogP contribution is -2.03. The molecule has 8 heteroatoms. The average molecular weight is 393 g/mol. The Morgan fingerprint density at radius 3 is 2.79 bits per heavy atom. The molecule has 140 valence electrons. The largest absolute Gasteiger partial charge is 0.481 e. The number of nitro benzene ring substituents is 1. The van der Waals surface area contributed by atoms with E-state index < -0.39 is 4.92 Å². The van der Waals surface area contributed by atoms with E-state index in [9.17, 15) is 14.9 Å². The number of hydrogen-bond acceptors (Lipinski definition) is 6. The highest BCUT2D eigenvalue weighted by atomic mass is 32.1. The molecule has 0 radical (unpaired) electrons. The molecule has 0 aliphatic rings. The molecule has 0 N–H and O–H groups in total. The predicted octanol–water partition coefficient (Wildman–Crippen LogP) is 4.67. The summed E-state index contributed by atoms with van der Waals surface area (Å²) in [5.41, 5.74) is 2.55. The van der Waals surface area contributed by atoms with Crippen molar-refractivity contribution in [2.45, 2.75) is 13.5 Å². The van der Waals surface area contributed by atoms with Crippen LogP contribution in [0.1, 0.15) is 21.6 Å². The Hall–Kier alpha value is -3.52. The fourth-order valence-electron chi connectivity index (χ4n) is 3.06. The van der Waals surface area contributed by atoms with Crippen molar-refractivity contribution >= 4 is 28.3 Å². The predicted molar refractivity (Wildman–Crippen MR) is 106 cm³/mol. The van der Waals surface area contributed by atoms with Crippen LogP contribution in [0.25, 0.3) is 16.2 Å². The van der Waals surface area contributed by atoms with Gasteiger partial charge in [0, 0.05) is 17.6 Å². The van der Waals surface area contributed by atoms with E-state index in [0.717, 1.165) is 5.56 Å². The third-order valence-electron chi connectivity index (χ3n) is 4.30. The van der Waals surface area contributed by atoms with Crippen molar-refractivity contribution in [3.05, 3.63) is 81.0 Å². The zero-order chi connectivity index (χ0) is 19.7. The number of rotatable bonds is 6. The number of carbonyl (C=O) groups excluding carboxylic acids is 1. The molecule has 2 aromatic carbocycles. The normalized spacial score (nSPS) is 10.9. The van der Waals surface area contributed by atoms with Crippen LogP contribution in [0.3, 0.4) is 0 Å². The summed E-state index contributed by atoms with van der Waals surface area (Å²) in [4.78, 5) is 28.1. The number of benzene rings is 2. The third-order valence-corrected chi connectivity index (χ3v) is 5.06. The molecular formula is C20H15N3O4S. The number of aryl methyl sites for hydroxylation is 1. The van der Waals surface area contributed by atoms with Crippen LogP contribution in [0, 0.1) is 17.0 Å². The summed E-state index contributed by atoms with van der Waals surface area (Å²) in [6.07, 6.45) is 2.45. The molecule has 4 rings (SSSR count). The van der Waals surface area contributed by atoms with Crippen LogP contribution in [0.2, 0.25) is 0 Å². The fraction of sp³-hybridized carbons (Fsp3) is 0.100. The second kappa shape index (κ2) is 7.24. The van der Waals surface area contributed by atoms with Crippen molar-refractivity contribution in [1.29, 1.82) is 0 Å². The molecule has 0 amide bonds. The molecule has 0 aliphatic heterocycles. The van der Waals surface area contributed by atoms with Gasteiger partial charge in [-0.05, 0) is 24.1 Å². The number of carbonyl (C=O) groups is 1. The van der Waals surface area contributed by atoms with Gasteiger partial charge in [0.05, 0.1) is 10.5 Å². The number of aromatic nitrogens is 2. The second-order valence-corrected chi connectivity index (χ2v) is 7.08. The van der Waals surface area contributed by atoms with Gasteiger partial charge < -0.3 is 4.74 Å². The Balaban J connectivity index is 1.88. The number of imidazole rings is 1. The molecule has 0 saturated heterocycles. The first-order chi connectivity index (χ1) is 13.6. The van der Waals surface area contributed by atoms with E-state index in [1.165, 1.54) is 17.4 Å². The molecule has 7 nitrogen and oxygen atoms in total. The highest BCUT2D eigenvalue weighted by Gasteiger charge is 2.26. The van der Waals surface area contributed by atoms with Crippen LogP contribution >= 0.6 is 11.3 Å². The lowest BCUT2D eigenvalue weighted by atomic mass is 10.0. The van der Waals surface area contributed by atoms with Gasteiger partial charge in [-0.25, -0.2) is 4.98 Å². The molecule has 0 spiro atoms. The summed E-state index contributed by atoms with van der Waals surface area (Å²) in [6, 6.07) is 12.6. The summed E-state index contributed by atoms with van der Waals surface area (Å²) in [5, 5.41) is 13.5. The molecule has 4 aromatic rings. The number of hydrogen-bond donors (Lipinski definition) is 0. The van der Waals surface area contributed by atoms with Crippen LogP contribution in [0.15, 0.2) is 54.0 Å². The van der Waals surface area contributed by atoms with Crippen LogP contribution < -0.4 is 4.74 Å². The number of thiazole rings is 1. The molecule has 0 unspecified atom stereocenters. The van der Waals surface area contributed by atoms with E-state index in [0.29, 0.717) is 33.8 Å². The lowest BCUT2D eigenvalue weighted by Gasteiger charge is -2.12. The number of fused-ring (bicyclic) bond motifs is 1. The number of aldehydes is 1. The van der Waals surface area contributed by atoms with Crippen molar-refractivity contribution in [1.82, 2.24) is 9.38 Å². The topological polar surface area (TPSA) is 86.7 Å². The van der Waals surface area contributed by atoms with Crippen molar-refractivity contribution in [3.63, 3.8) is 0 Å². The number of nitro groups is 1. The monoisotopic (exact) mass is 393 g/mol. The Bertz CT molecular complexity index is 1180. The van der Waals surface area contributed by atoms with E-state index in [1.807, 2.05) is 35.7 Å². The Morgan fingerprint density at radius 1 is 1.29 bits per heavy atom. The second-order valence-electron chi connectivity index (χ2n) is 6.21. The third kappa shape index (κ3) is 3.14. The van der Waals surface area contributed by atoms with E-state index in [4.69, 9.17) is 4.74 Å². The molecule has 2 aromatic heterocycles. The Kier molecular flexibility index (Phi) is 4.62. The van der Waals surface area contributed by atoms with Gasteiger partial charge >= 0.3 is 5.69 Å². The summed E-state index contributed by atoms with van der Waals surface area (Å²) in [5.74, 6) is 0.105. The minimum Gasteiger partial charge on any atom is -0.481 e. The van der Waals surface area contributed by atoms with Crippen LogP contribution in [0.5, 0.6) is 5.75 Å². The van der Waals surface area contributed by atoms with Gasteiger partial charge in [-0.3, -0.25) is 19.3 Å². The van der Waals surface area contributed by atoms with Gasteiger partial charge in [0.15, 0.2) is 11.2 Å². The van der Waals surface area contributed by atoms with Crippen molar-refractivity contribution < 1.29 is 14.5 Å². The van der Waals surface area contributed by atoms with Crippen LogP contribution in [0.4, 0.5) is 5.69 Å². The van der Waals surface area contributed by atoms with Gasteiger partial charge in [0.25, 0.3) is 0 Å². The maximum atomic E-state index is 11.7. The van der Waals surface area contributed by atoms with E-state index in [1.54, 1.807) is 23.6 Å². The minimum absolute atomic E-state index is 0.105. The molecule has 0 fully saturated rings. The SMILES string of the molecule is Cc1cc(-c2nc3sccn3c2C=O)c(OCc2ccccc2)c([N+](=O)[O-])c1. The van der Waals surface area contributed by atoms with Crippen LogP contribution in [-0.2, 0) is 6.61 Å². The quantitative estimate of drug-likeness (QED) is 0.270. The first-order valence-corrected chi connectivity index (χ1v) is 9.33. The maximum Gasteiger partial charge on any atom is 0.311 e. The number of nitrogens with zero attached hydrogens (tertiary/aromatic N) is 3. The first kappa shape index (κ1) is 17.9. The summed E-state index contributed by atoms with van der Waals surface area (Å²) >= 11 is 1.38. The van der Waals surface area contributed by atoms with Crippen molar-refractivity contribution in [2.24, 2.45) is 0 Å². The molecule has 0 atom stereocenters. The standard InChI is InChI=1S/C20H15N3O4S/c1-13-9-15(18-17(11-24)22-7-8-28-20(22)21-18)19(16(10-13)23(25)26)27-12-14-5-3-2-4-6-14/h2-11H,12H2,1H3. The zero-order valence-electron chi connectivity index (χ0n) is 14.9. The highest BCUT2D eigenvalue weighted by molar-refractivity contribution is 7.15. The first-order valence-electron chi connectivity index (χ1n) is 8.45. The van der Waals surface area contributed by atoms with Gasteiger partial charge in [0.1, 0.15) is 18.0 Å².